The molecule has 2 atom stereocenters. The first-order valence-electron chi connectivity index (χ1n) is 10.4. The zero-order valence-electron chi connectivity index (χ0n) is 17.2. The predicted molar refractivity (Wildman–Crippen MR) is 107 cm³/mol. The second-order valence-corrected chi connectivity index (χ2v) is 8.40. The third kappa shape index (κ3) is 6.44. The number of ether oxygens (including phenoxy) is 3. The standard InChI is InChI=1S/C21H21ClF4N2O5/c22-15-3-1-11(5-16(15)23)17-8-19(33-28-17)18-4-2-12(9-31-18)27-20(29)10-30-13-6-14(7-13)32-21(24,25)26/h1,3,5,8,12-14,18H,2,4,6-7,9-10H2,(H,27,29)/t12-,13?,14?,18+/m0/s1. The molecule has 0 spiro atoms. The highest BCUT2D eigenvalue weighted by Crippen LogP contribution is 2.33. The van der Waals surface area contributed by atoms with Crippen molar-refractivity contribution < 1.29 is 41.1 Å². The molecule has 1 aliphatic carbocycles. The summed E-state index contributed by atoms with van der Waals surface area (Å²) in [6.07, 6.45) is -4.98. The largest absolute Gasteiger partial charge is 0.522 e. The van der Waals surface area contributed by atoms with Crippen LogP contribution >= 0.6 is 11.6 Å². The molecule has 2 aromatic rings. The van der Waals surface area contributed by atoms with Gasteiger partial charge in [-0.1, -0.05) is 22.8 Å². The van der Waals surface area contributed by atoms with E-state index in [2.05, 4.69) is 15.2 Å². The van der Waals surface area contributed by atoms with Crippen LogP contribution in [-0.2, 0) is 19.0 Å². The number of nitrogens with one attached hydrogen (secondary N) is 1. The Morgan fingerprint density at radius 1 is 1.21 bits per heavy atom. The lowest BCUT2D eigenvalue weighted by Gasteiger charge is -2.35. The van der Waals surface area contributed by atoms with Gasteiger partial charge in [-0.3, -0.25) is 9.53 Å². The maximum absolute atomic E-state index is 13.7. The minimum Gasteiger partial charge on any atom is -0.368 e. The monoisotopic (exact) mass is 492 g/mol. The molecule has 4 rings (SSSR count). The molecule has 2 fully saturated rings. The van der Waals surface area contributed by atoms with Gasteiger partial charge in [0.15, 0.2) is 5.76 Å². The van der Waals surface area contributed by atoms with Gasteiger partial charge in [0, 0.05) is 24.5 Å². The molecule has 1 aromatic carbocycles. The average Bonchev–Trinajstić information content (AvgIpc) is 3.21. The van der Waals surface area contributed by atoms with E-state index in [1.807, 2.05) is 0 Å². The van der Waals surface area contributed by atoms with E-state index < -0.39 is 24.4 Å². The summed E-state index contributed by atoms with van der Waals surface area (Å²) in [5.41, 5.74) is 0.978. The molecule has 0 unspecified atom stereocenters. The molecular formula is C21H21ClF4N2O5. The number of rotatable bonds is 7. The highest BCUT2D eigenvalue weighted by Gasteiger charge is 2.40. The van der Waals surface area contributed by atoms with Gasteiger partial charge in [-0.2, -0.15) is 0 Å². The molecule has 1 saturated carbocycles. The van der Waals surface area contributed by atoms with E-state index in [1.54, 1.807) is 12.1 Å². The van der Waals surface area contributed by atoms with Crippen LogP contribution in [0.15, 0.2) is 28.8 Å². The summed E-state index contributed by atoms with van der Waals surface area (Å²) >= 11 is 5.70. The van der Waals surface area contributed by atoms with E-state index >= 15 is 0 Å². The fourth-order valence-corrected chi connectivity index (χ4v) is 3.84. The van der Waals surface area contributed by atoms with Crippen molar-refractivity contribution in [3.63, 3.8) is 0 Å². The molecular weight excluding hydrogens is 472 g/mol. The highest BCUT2D eigenvalue weighted by atomic mass is 35.5. The van der Waals surface area contributed by atoms with Gasteiger partial charge in [0.25, 0.3) is 0 Å². The number of alkyl halides is 3. The summed E-state index contributed by atoms with van der Waals surface area (Å²) in [6.45, 7) is -0.000608. The van der Waals surface area contributed by atoms with Gasteiger partial charge in [-0.25, -0.2) is 4.39 Å². The Morgan fingerprint density at radius 3 is 2.67 bits per heavy atom. The number of carbonyl (C=O) groups excluding carboxylic acids is 1. The fourth-order valence-electron chi connectivity index (χ4n) is 3.72. The van der Waals surface area contributed by atoms with Crippen molar-refractivity contribution in [1.29, 1.82) is 0 Å². The van der Waals surface area contributed by atoms with E-state index in [9.17, 15) is 22.4 Å². The normalized spacial score (nSPS) is 25.5. The average molecular weight is 493 g/mol. The molecule has 7 nitrogen and oxygen atoms in total. The number of benzene rings is 1. The van der Waals surface area contributed by atoms with Gasteiger partial charge >= 0.3 is 6.36 Å². The van der Waals surface area contributed by atoms with Crippen LogP contribution in [0.1, 0.15) is 37.5 Å². The number of nitrogens with zero attached hydrogens (tertiary/aromatic N) is 1. The zero-order chi connectivity index (χ0) is 23.6. The van der Waals surface area contributed by atoms with Crippen LogP contribution in [0.3, 0.4) is 0 Å². The molecule has 0 bridgehead atoms. The molecule has 33 heavy (non-hydrogen) atoms. The van der Waals surface area contributed by atoms with E-state index in [-0.39, 0.29) is 49.1 Å². The zero-order valence-corrected chi connectivity index (χ0v) is 18.0. The van der Waals surface area contributed by atoms with Crippen LogP contribution < -0.4 is 5.32 Å². The Morgan fingerprint density at radius 2 is 2.00 bits per heavy atom. The molecule has 1 saturated heterocycles. The van der Waals surface area contributed by atoms with Crippen molar-refractivity contribution in [3.05, 3.63) is 40.9 Å². The van der Waals surface area contributed by atoms with Crippen LogP contribution in [0.25, 0.3) is 11.3 Å². The van der Waals surface area contributed by atoms with Crippen LogP contribution in [-0.4, -0.2) is 48.9 Å². The van der Waals surface area contributed by atoms with E-state index in [0.717, 1.165) is 0 Å². The molecule has 1 N–H and O–H groups in total. The lowest BCUT2D eigenvalue weighted by Crippen LogP contribution is -2.45. The molecule has 1 aliphatic heterocycles. The van der Waals surface area contributed by atoms with Crippen LogP contribution in [0.4, 0.5) is 17.6 Å². The van der Waals surface area contributed by atoms with Gasteiger partial charge in [0.05, 0.1) is 29.9 Å². The molecule has 2 aliphatic rings. The second kappa shape index (κ2) is 9.96. The molecule has 2 heterocycles. The van der Waals surface area contributed by atoms with Crippen molar-refractivity contribution in [1.82, 2.24) is 10.5 Å². The Bertz CT molecular complexity index is 972. The molecule has 180 valence electrons. The van der Waals surface area contributed by atoms with Crippen molar-refractivity contribution >= 4 is 17.5 Å². The van der Waals surface area contributed by atoms with Crippen molar-refractivity contribution in [2.75, 3.05) is 13.2 Å². The Labute approximate surface area is 191 Å². The number of amides is 1. The number of hydrogen-bond acceptors (Lipinski definition) is 6. The summed E-state index contributed by atoms with van der Waals surface area (Å²) in [7, 11) is 0. The highest BCUT2D eigenvalue weighted by molar-refractivity contribution is 6.30. The summed E-state index contributed by atoms with van der Waals surface area (Å²) in [5, 5.41) is 6.76. The van der Waals surface area contributed by atoms with Gasteiger partial charge < -0.3 is 19.3 Å². The lowest BCUT2D eigenvalue weighted by molar-refractivity contribution is -0.357. The number of halogens is 5. The maximum atomic E-state index is 13.7. The second-order valence-electron chi connectivity index (χ2n) is 8.00. The van der Waals surface area contributed by atoms with Crippen LogP contribution in [0.2, 0.25) is 5.02 Å². The van der Waals surface area contributed by atoms with Crippen molar-refractivity contribution in [3.8, 4) is 11.3 Å². The first-order valence-corrected chi connectivity index (χ1v) is 10.7. The molecule has 0 radical (unpaired) electrons. The summed E-state index contributed by atoms with van der Waals surface area (Å²) in [4.78, 5) is 12.1. The van der Waals surface area contributed by atoms with Gasteiger partial charge in [-0.15, -0.1) is 13.2 Å². The van der Waals surface area contributed by atoms with Gasteiger partial charge in [0.1, 0.15) is 24.2 Å². The number of aromatic nitrogens is 1. The van der Waals surface area contributed by atoms with Gasteiger partial charge in [-0.05, 0) is 25.0 Å². The van der Waals surface area contributed by atoms with Crippen molar-refractivity contribution in [2.24, 2.45) is 0 Å². The SMILES string of the molecule is O=C(COC1CC(OC(F)(F)F)C1)N[C@H]1CC[C@H](c2cc(-c3ccc(Cl)c(F)c3)no2)OC1. The maximum Gasteiger partial charge on any atom is 0.522 e. The minimum atomic E-state index is -4.66. The first kappa shape index (κ1) is 23.9. The Hall–Kier alpha value is -2.21. The topological polar surface area (TPSA) is 82.8 Å². The Balaban J connectivity index is 1.17. The van der Waals surface area contributed by atoms with Crippen molar-refractivity contribution in [2.45, 2.75) is 56.4 Å². The molecule has 1 aromatic heterocycles. The smallest absolute Gasteiger partial charge is 0.368 e. The van der Waals surface area contributed by atoms with E-state index in [0.29, 0.717) is 29.9 Å². The summed E-state index contributed by atoms with van der Waals surface area (Å²) in [6, 6.07) is 5.79. The fraction of sp³-hybridized carbons (Fsp3) is 0.524. The minimum absolute atomic E-state index is 0.0175. The van der Waals surface area contributed by atoms with Crippen LogP contribution in [0, 0.1) is 5.82 Å². The van der Waals surface area contributed by atoms with E-state index in [4.69, 9.17) is 25.6 Å². The molecule has 1 amide bonds. The van der Waals surface area contributed by atoms with Crippen LogP contribution in [0.5, 0.6) is 0 Å². The lowest BCUT2D eigenvalue weighted by atomic mass is 9.92. The third-order valence-electron chi connectivity index (χ3n) is 5.50. The number of carbonyl (C=O) groups is 1. The number of hydrogen-bond donors (Lipinski definition) is 1. The Kier molecular flexibility index (Phi) is 7.22. The van der Waals surface area contributed by atoms with E-state index in [1.165, 1.54) is 12.1 Å². The van der Waals surface area contributed by atoms with Gasteiger partial charge in [0.2, 0.25) is 5.91 Å². The molecule has 12 heteroatoms. The summed E-state index contributed by atoms with van der Waals surface area (Å²) in [5.74, 6) is -0.426. The predicted octanol–water partition coefficient (Wildman–Crippen LogP) is 4.55. The first-order chi connectivity index (χ1) is 15.7. The third-order valence-corrected chi connectivity index (χ3v) is 5.81. The quantitative estimate of drug-likeness (QED) is 0.571. The summed E-state index contributed by atoms with van der Waals surface area (Å²) < 4.78 is 70.3.